The quantitative estimate of drug-likeness (QED) is 0.0783. The Hall–Kier alpha value is -3.37. The number of hydrogen-bond acceptors (Lipinski definition) is 8. The molecule has 0 fully saturated rings. The molecule has 4 rings (SSSR count). The molecule has 4 aromatic rings. The molecule has 16 heteroatoms. The first-order chi connectivity index (χ1) is 22.4. The van der Waals surface area contributed by atoms with Crippen LogP contribution in [-0.4, -0.2) is 62.6 Å². The number of pyridine rings is 1. The molecule has 0 atom stereocenters. The molecule has 0 bridgehead atoms. The fourth-order valence-corrected chi connectivity index (χ4v) is 15.1. The summed E-state index contributed by atoms with van der Waals surface area (Å²) >= 11 is 5.78. The highest BCUT2D eigenvalue weighted by molar-refractivity contribution is 7.92. The molecule has 0 unspecified atom stereocenters. The molecule has 260 valence electrons. The fraction of sp³-hybridized carbons (Fsp3) is 0.438. The number of aromatic nitrogens is 4. The number of carbonyl (C=O) groups is 1. The van der Waals surface area contributed by atoms with Crippen LogP contribution in [0.25, 0.3) is 11.0 Å². The maximum absolute atomic E-state index is 14.4. The lowest BCUT2D eigenvalue weighted by Gasteiger charge is -2.44. The van der Waals surface area contributed by atoms with Gasteiger partial charge in [-0.25, -0.2) is 22.7 Å². The molecule has 0 saturated heterocycles. The summed E-state index contributed by atoms with van der Waals surface area (Å²) in [5.74, 6) is -0.714. The van der Waals surface area contributed by atoms with Gasteiger partial charge in [0.25, 0.3) is 10.0 Å². The first kappa shape index (κ1) is 37.4. The van der Waals surface area contributed by atoms with E-state index in [2.05, 4.69) is 60.7 Å². The highest BCUT2D eigenvalue weighted by Crippen LogP contribution is 2.44. The molecule has 1 aromatic carbocycles. The number of ether oxygens (including phenoxy) is 2. The second kappa shape index (κ2) is 14.2. The van der Waals surface area contributed by atoms with E-state index in [0.29, 0.717) is 43.6 Å². The third-order valence-electron chi connectivity index (χ3n) is 8.68. The monoisotopic (exact) mass is 725 g/mol. The number of ketones is 1. The predicted octanol–water partition coefficient (Wildman–Crippen LogP) is 7.70. The average Bonchev–Trinajstić information content (AvgIpc) is 3.43. The molecular formula is C32H39ClF3N5O5SSi. The molecule has 0 aliphatic carbocycles. The number of alkyl halides is 3. The molecule has 0 aliphatic heterocycles. The average molecular weight is 726 g/mol. The summed E-state index contributed by atoms with van der Waals surface area (Å²) in [5.41, 5.74) is 0.0549. The Morgan fingerprint density at radius 3 is 2.17 bits per heavy atom. The minimum absolute atomic E-state index is 0.00142. The van der Waals surface area contributed by atoms with Crippen molar-refractivity contribution < 1.29 is 35.9 Å². The van der Waals surface area contributed by atoms with E-state index in [1.807, 2.05) is 6.20 Å². The number of methoxy groups -OCH3 is 2. The smallest absolute Gasteiger partial charge is 0.380 e. The van der Waals surface area contributed by atoms with Crippen LogP contribution >= 0.6 is 11.6 Å². The van der Waals surface area contributed by atoms with E-state index in [0.717, 1.165) is 12.1 Å². The van der Waals surface area contributed by atoms with Crippen molar-refractivity contribution in [1.29, 1.82) is 0 Å². The topological polar surface area (TPSA) is 117 Å². The van der Waals surface area contributed by atoms with E-state index in [-0.39, 0.29) is 23.7 Å². The van der Waals surface area contributed by atoms with Crippen molar-refractivity contribution in [2.24, 2.45) is 0 Å². The zero-order valence-electron chi connectivity index (χ0n) is 28.0. The van der Waals surface area contributed by atoms with Crippen LogP contribution in [0, 0.1) is 0 Å². The van der Waals surface area contributed by atoms with Gasteiger partial charge in [-0.3, -0.25) is 9.78 Å². The number of benzene rings is 1. The van der Waals surface area contributed by atoms with Gasteiger partial charge in [0.2, 0.25) is 5.78 Å². The molecule has 48 heavy (non-hydrogen) atoms. The number of hydrogen-bond donors (Lipinski definition) is 0. The highest BCUT2D eigenvalue weighted by atomic mass is 35.5. The van der Waals surface area contributed by atoms with Crippen LogP contribution in [0.1, 0.15) is 68.9 Å². The highest BCUT2D eigenvalue weighted by Gasteiger charge is 2.46. The number of nitrogens with zero attached hydrogens (tertiary/aromatic N) is 5. The van der Waals surface area contributed by atoms with Crippen molar-refractivity contribution in [2.75, 3.05) is 25.3 Å². The molecule has 0 radical (unpaired) electrons. The van der Waals surface area contributed by atoms with Crippen LogP contribution in [0.3, 0.4) is 0 Å². The van der Waals surface area contributed by atoms with Crippen molar-refractivity contribution in [2.45, 2.75) is 75.8 Å². The number of fused-ring (bicyclic) bond motifs is 1. The van der Waals surface area contributed by atoms with Crippen LogP contribution in [-0.2, 0) is 32.3 Å². The summed E-state index contributed by atoms with van der Waals surface area (Å²) in [5, 5.41) is -0.206. The SMILES string of the molecule is COCc1cnc(C(=O)c2ncnc3c2ccn3[Si](C(C)C)(C(C)C)C(C)C)c(N(COC)S(=O)(=O)c2ccc(Cl)c(C(F)(F)F)c2)c1. The van der Waals surface area contributed by atoms with Gasteiger partial charge in [-0.2, -0.15) is 13.2 Å². The molecule has 0 saturated carbocycles. The van der Waals surface area contributed by atoms with E-state index in [1.165, 1.54) is 32.8 Å². The van der Waals surface area contributed by atoms with Gasteiger partial charge in [0, 0.05) is 25.8 Å². The van der Waals surface area contributed by atoms with Gasteiger partial charge in [-0.15, -0.1) is 0 Å². The summed E-state index contributed by atoms with van der Waals surface area (Å²) < 4.78 is 82.6. The van der Waals surface area contributed by atoms with E-state index in [1.54, 1.807) is 6.07 Å². The minimum Gasteiger partial charge on any atom is -0.380 e. The Labute approximate surface area is 284 Å². The lowest BCUT2D eigenvalue weighted by molar-refractivity contribution is -0.137. The Morgan fingerprint density at radius 1 is 0.958 bits per heavy atom. The van der Waals surface area contributed by atoms with Gasteiger partial charge in [0.1, 0.15) is 30.1 Å². The van der Waals surface area contributed by atoms with Crippen molar-refractivity contribution in [1.82, 2.24) is 19.2 Å². The zero-order valence-corrected chi connectivity index (χ0v) is 30.5. The standard InChI is InChI=1S/C32H39ClF3N5O5SSi/c1-19(2)48(20(3)4,21(5)6)41-12-11-24-28(38-17-39-31(24)41)30(42)29-27(13-22(15-37-29)16-45-7)40(18-46-8)47(43,44)23-9-10-26(33)25(14-23)32(34,35)36/h9-15,17,19-21H,16,18H2,1-8H3. The van der Waals surface area contributed by atoms with Crippen LogP contribution < -0.4 is 4.31 Å². The van der Waals surface area contributed by atoms with Gasteiger partial charge in [0.05, 0.1) is 27.8 Å². The van der Waals surface area contributed by atoms with E-state index >= 15 is 0 Å². The Bertz CT molecular complexity index is 1900. The molecule has 0 spiro atoms. The zero-order chi connectivity index (χ0) is 35.8. The Morgan fingerprint density at radius 2 is 1.60 bits per heavy atom. The van der Waals surface area contributed by atoms with Crippen molar-refractivity contribution in [3.8, 4) is 0 Å². The summed E-state index contributed by atoms with van der Waals surface area (Å²) in [6.07, 6.45) is -0.328. The molecule has 10 nitrogen and oxygen atoms in total. The van der Waals surface area contributed by atoms with E-state index in [4.69, 9.17) is 21.1 Å². The summed E-state index contributed by atoms with van der Waals surface area (Å²) in [6, 6.07) is 5.41. The lowest BCUT2D eigenvalue weighted by atomic mass is 10.1. The number of sulfonamides is 1. The molecule has 3 aromatic heterocycles. The fourth-order valence-electron chi connectivity index (χ4n) is 6.89. The first-order valence-corrected chi connectivity index (χ1v) is 19.2. The maximum Gasteiger partial charge on any atom is 0.417 e. The minimum atomic E-state index is -4.92. The van der Waals surface area contributed by atoms with Gasteiger partial charge in [0.15, 0.2) is 8.24 Å². The second-order valence-corrected chi connectivity index (χ2v) is 20.4. The van der Waals surface area contributed by atoms with Crippen LogP contribution in [0.4, 0.5) is 18.9 Å². The van der Waals surface area contributed by atoms with Crippen molar-refractivity contribution >= 4 is 52.4 Å². The molecular weight excluding hydrogens is 687 g/mol. The third kappa shape index (κ3) is 6.62. The lowest BCUT2D eigenvalue weighted by Crippen LogP contribution is -2.51. The summed E-state index contributed by atoms with van der Waals surface area (Å²) in [7, 11) is -4.45. The second-order valence-electron chi connectivity index (χ2n) is 12.4. The third-order valence-corrected chi connectivity index (χ3v) is 17.5. The van der Waals surface area contributed by atoms with Crippen LogP contribution in [0.5, 0.6) is 0 Å². The van der Waals surface area contributed by atoms with Crippen LogP contribution in [0.15, 0.2) is 53.9 Å². The molecule has 0 aliphatic rings. The number of carbonyl (C=O) groups excluding carboxylic acids is 1. The molecule has 3 heterocycles. The summed E-state index contributed by atoms with van der Waals surface area (Å²) in [4.78, 5) is 27.0. The number of rotatable bonds is 13. The van der Waals surface area contributed by atoms with E-state index < -0.39 is 52.4 Å². The van der Waals surface area contributed by atoms with E-state index in [9.17, 15) is 26.4 Å². The van der Waals surface area contributed by atoms with Gasteiger partial charge >= 0.3 is 6.18 Å². The predicted molar refractivity (Wildman–Crippen MR) is 180 cm³/mol. The van der Waals surface area contributed by atoms with Crippen molar-refractivity contribution in [3.63, 3.8) is 0 Å². The molecule has 0 N–H and O–H groups in total. The van der Waals surface area contributed by atoms with Gasteiger partial charge in [-0.05, 0) is 58.7 Å². The van der Waals surface area contributed by atoms with Crippen LogP contribution in [0.2, 0.25) is 21.6 Å². The summed E-state index contributed by atoms with van der Waals surface area (Å²) in [6.45, 7) is 12.5. The first-order valence-electron chi connectivity index (χ1n) is 15.2. The maximum atomic E-state index is 14.4. The van der Waals surface area contributed by atoms with Gasteiger partial charge in [-0.1, -0.05) is 53.1 Å². The largest absolute Gasteiger partial charge is 0.417 e. The normalized spacial score (nSPS) is 12.9. The molecule has 0 amide bonds. The Balaban J connectivity index is 1.96. The number of halogens is 4. The van der Waals surface area contributed by atoms with Crippen molar-refractivity contribution in [3.05, 3.63) is 76.6 Å². The van der Waals surface area contributed by atoms with Gasteiger partial charge < -0.3 is 13.7 Å². The Kier molecular flexibility index (Phi) is 11.1. The number of anilines is 1.